The van der Waals surface area contributed by atoms with Crippen molar-refractivity contribution in [2.75, 3.05) is 5.32 Å². The molecule has 4 nitrogen and oxygen atoms in total. The van der Waals surface area contributed by atoms with Gasteiger partial charge in [0.15, 0.2) is 0 Å². The van der Waals surface area contributed by atoms with Crippen LogP contribution in [-0.4, -0.2) is 11.8 Å². The van der Waals surface area contributed by atoms with E-state index >= 15 is 0 Å². The van der Waals surface area contributed by atoms with Gasteiger partial charge in [0.2, 0.25) is 0 Å². The number of hydrogen-bond donors (Lipinski definition) is 2. The van der Waals surface area contributed by atoms with Gasteiger partial charge in [-0.15, -0.1) is 0 Å². The number of nitrogens with one attached hydrogen (secondary N) is 2. The van der Waals surface area contributed by atoms with Gasteiger partial charge < -0.3 is 10.6 Å². The van der Waals surface area contributed by atoms with E-state index in [0.717, 1.165) is 18.4 Å². The lowest BCUT2D eigenvalue weighted by atomic mass is 9.90. The first-order valence-electron chi connectivity index (χ1n) is 10.0. The van der Waals surface area contributed by atoms with Gasteiger partial charge in [0.1, 0.15) is 0 Å². The van der Waals surface area contributed by atoms with E-state index in [2.05, 4.69) is 16.7 Å². The third-order valence-corrected chi connectivity index (χ3v) is 5.33. The average molecular weight is 384 g/mol. The Bertz CT molecular complexity index is 1030. The molecule has 0 fully saturated rings. The van der Waals surface area contributed by atoms with E-state index in [9.17, 15) is 9.59 Å². The van der Waals surface area contributed by atoms with Crippen LogP contribution in [0.15, 0.2) is 72.8 Å². The summed E-state index contributed by atoms with van der Waals surface area (Å²) < 4.78 is 0. The third-order valence-electron chi connectivity index (χ3n) is 5.33. The van der Waals surface area contributed by atoms with E-state index in [1.165, 1.54) is 24.0 Å². The fourth-order valence-corrected chi connectivity index (χ4v) is 3.73. The summed E-state index contributed by atoms with van der Waals surface area (Å²) in [5.74, 6) is -0.406. The molecule has 29 heavy (non-hydrogen) atoms. The van der Waals surface area contributed by atoms with Gasteiger partial charge in [0.25, 0.3) is 11.8 Å². The topological polar surface area (TPSA) is 58.2 Å². The molecular formula is C25H24N2O2. The Kier molecular flexibility index (Phi) is 5.71. The van der Waals surface area contributed by atoms with Crippen LogP contribution in [-0.2, 0) is 19.4 Å². The van der Waals surface area contributed by atoms with E-state index in [1.54, 1.807) is 18.2 Å². The Morgan fingerprint density at radius 3 is 2.31 bits per heavy atom. The van der Waals surface area contributed by atoms with E-state index in [1.807, 2.05) is 48.5 Å². The number of hydrogen-bond acceptors (Lipinski definition) is 2. The standard InChI is InChI=1S/C25H24N2O2/c28-24(21-15-14-19-10-4-5-11-20(19)16-21)27-23-13-7-6-12-22(23)25(29)26-17-18-8-2-1-3-9-18/h1-3,6-9,12-16H,4-5,10-11,17H2,(H,26,29)(H,27,28). The largest absolute Gasteiger partial charge is 0.348 e. The minimum atomic E-state index is -0.213. The second-order valence-electron chi connectivity index (χ2n) is 7.36. The molecular weight excluding hydrogens is 360 g/mol. The molecule has 2 N–H and O–H groups in total. The first kappa shape index (κ1) is 18.9. The van der Waals surface area contributed by atoms with Crippen molar-refractivity contribution in [2.45, 2.75) is 32.2 Å². The van der Waals surface area contributed by atoms with Gasteiger partial charge in [-0.05, 0) is 66.6 Å². The van der Waals surface area contributed by atoms with Gasteiger partial charge in [0.05, 0.1) is 11.3 Å². The van der Waals surface area contributed by atoms with Gasteiger partial charge >= 0.3 is 0 Å². The molecule has 0 saturated heterocycles. The number of aryl methyl sites for hydroxylation is 2. The van der Waals surface area contributed by atoms with Gasteiger partial charge in [-0.1, -0.05) is 48.5 Å². The molecule has 0 heterocycles. The summed E-state index contributed by atoms with van der Waals surface area (Å²) in [6.07, 6.45) is 4.49. The van der Waals surface area contributed by atoms with Crippen LogP contribution >= 0.6 is 0 Å². The van der Waals surface area contributed by atoms with Crippen molar-refractivity contribution < 1.29 is 9.59 Å². The van der Waals surface area contributed by atoms with Crippen LogP contribution < -0.4 is 10.6 Å². The molecule has 0 aromatic heterocycles. The van der Waals surface area contributed by atoms with Gasteiger partial charge in [0, 0.05) is 12.1 Å². The molecule has 0 bridgehead atoms. The molecule has 3 aromatic rings. The van der Waals surface area contributed by atoms with E-state index < -0.39 is 0 Å². The Morgan fingerprint density at radius 1 is 0.759 bits per heavy atom. The number of anilines is 1. The predicted molar refractivity (Wildman–Crippen MR) is 115 cm³/mol. The number of para-hydroxylation sites is 1. The van der Waals surface area contributed by atoms with Crippen molar-refractivity contribution in [3.8, 4) is 0 Å². The van der Waals surface area contributed by atoms with E-state index in [-0.39, 0.29) is 11.8 Å². The SMILES string of the molecule is O=C(Nc1ccccc1C(=O)NCc1ccccc1)c1ccc2c(c1)CCCC2. The van der Waals surface area contributed by atoms with E-state index in [4.69, 9.17) is 0 Å². The highest BCUT2D eigenvalue weighted by atomic mass is 16.2. The molecule has 2 amide bonds. The van der Waals surface area contributed by atoms with Crippen LogP contribution in [0.3, 0.4) is 0 Å². The molecule has 3 aromatic carbocycles. The fourth-order valence-electron chi connectivity index (χ4n) is 3.73. The Morgan fingerprint density at radius 2 is 1.48 bits per heavy atom. The zero-order chi connectivity index (χ0) is 20.1. The minimum absolute atomic E-state index is 0.193. The van der Waals surface area contributed by atoms with Crippen LogP contribution in [0.25, 0.3) is 0 Å². The van der Waals surface area contributed by atoms with Crippen molar-refractivity contribution in [3.63, 3.8) is 0 Å². The number of benzene rings is 3. The number of carbonyl (C=O) groups is 2. The van der Waals surface area contributed by atoms with Crippen molar-refractivity contribution >= 4 is 17.5 Å². The van der Waals surface area contributed by atoms with Crippen molar-refractivity contribution in [2.24, 2.45) is 0 Å². The fraction of sp³-hybridized carbons (Fsp3) is 0.200. The highest BCUT2D eigenvalue weighted by Gasteiger charge is 2.16. The predicted octanol–water partition coefficient (Wildman–Crippen LogP) is 4.75. The molecule has 1 aliphatic rings. The second-order valence-corrected chi connectivity index (χ2v) is 7.36. The maximum absolute atomic E-state index is 12.8. The van der Waals surface area contributed by atoms with E-state index in [0.29, 0.717) is 23.4 Å². The summed E-state index contributed by atoms with van der Waals surface area (Å²) in [5.41, 5.74) is 5.23. The summed E-state index contributed by atoms with van der Waals surface area (Å²) in [4.78, 5) is 25.5. The molecule has 0 aliphatic heterocycles. The Labute approximate surface area is 171 Å². The molecule has 0 atom stereocenters. The monoisotopic (exact) mass is 384 g/mol. The molecule has 4 rings (SSSR count). The summed E-state index contributed by atoms with van der Waals surface area (Å²) in [7, 11) is 0. The molecule has 0 saturated carbocycles. The highest BCUT2D eigenvalue weighted by molar-refractivity contribution is 6.09. The lowest BCUT2D eigenvalue weighted by Crippen LogP contribution is -2.25. The lowest BCUT2D eigenvalue weighted by Gasteiger charge is -2.17. The molecule has 1 aliphatic carbocycles. The van der Waals surface area contributed by atoms with Gasteiger partial charge in [-0.3, -0.25) is 9.59 Å². The minimum Gasteiger partial charge on any atom is -0.348 e. The van der Waals surface area contributed by atoms with Crippen LogP contribution in [0.1, 0.15) is 50.2 Å². The van der Waals surface area contributed by atoms with Crippen LogP contribution in [0.4, 0.5) is 5.69 Å². The zero-order valence-corrected chi connectivity index (χ0v) is 16.3. The maximum Gasteiger partial charge on any atom is 0.255 e. The smallest absolute Gasteiger partial charge is 0.255 e. The van der Waals surface area contributed by atoms with Crippen LogP contribution in [0.5, 0.6) is 0 Å². The van der Waals surface area contributed by atoms with Gasteiger partial charge in [-0.2, -0.15) is 0 Å². The Hall–Kier alpha value is -3.40. The number of amides is 2. The lowest BCUT2D eigenvalue weighted by molar-refractivity contribution is 0.0952. The maximum atomic E-state index is 12.8. The van der Waals surface area contributed by atoms with Crippen LogP contribution in [0, 0.1) is 0 Å². The summed E-state index contributed by atoms with van der Waals surface area (Å²) in [6, 6.07) is 22.8. The normalized spacial score (nSPS) is 12.7. The first-order chi connectivity index (χ1) is 14.2. The highest BCUT2D eigenvalue weighted by Crippen LogP contribution is 2.23. The van der Waals surface area contributed by atoms with Crippen molar-refractivity contribution in [1.82, 2.24) is 5.32 Å². The summed E-state index contributed by atoms with van der Waals surface area (Å²) in [6.45, 7) is 0.437. The quantitative estimate of drug-likeness (QED) is 0.667. The van der Waals surface area contributed by atoms with Crippen LogP contribution in [0.2, 0.25) is 0 Å². The molecule has 4 heteroatoms. The van der Waals surface area contributed by atoms with Gasteiger partial charge in [-0.25, -0.2) is 0 Å². The number of rotatable bonds is 5. The Balaban J connectivity index is 1.48. The molecule has 0 spiro atoms. The second kappa shape index (κ2) is 8.74. The summed E-state index contributed by atoms with van der Waals surface area (Å²) >= 11 is 0. The molecule has 0 radical (unpaired) electrons. The third kappa shape index (κ3) is 4.54. The van der Waals surface area contributed by atoms with Crippen molar-refractivity contribution in [1.29, 1.82) is 0 Å². The summed E-state index contributed by atoms with van der Waals surface area (Å²) in [5, 5.41) is 5.83. The average Bonchev–Trinajstić information content (AvgIpc) is 2.78. The zero-order valence-electron chi connectivity index (χ0n) is 16.3. The number of fused-ring (bicyclic) bond motifs is 1. The number of carbonyl (C=O) groups excluding carboxylic acids is 2. The molecule has 0 unspecified atom stereocenters. The van der Waals surface area contributed by atoms with Crippen molar-refractivity contribution in [3.05, 3.63) is 101 Å². The first-order valence-corrected chi connectivity index (χ1v) is 10.0. The molecule has 146 valence electrons.